The van der Waals surface area contributed by atoms with Crippen LogP contribution in [0.1, 0.15) is 10.4 Å². The van der Waals surface area contributed by atoms with Gasteiger partial charge >= 0.3 is 5.97 Å². The molecule has 0 aliphatic heterocycles. The number of carbonyl (C=O) groups excluding carboxylic acids is 1. The Hall–Kier alpha value is -4.10. The smallest absolute Gasteiger partial charge is 0.345 e. The Bertz CT molecular complexity index is 1240. The summed E-state index contributed by atoms with van der Waals surface area (Å²) in [6.07, 6.45) is 0. The Morgan fingerprint density at radius 3 is 2.16 bits per heavy atom. The molecule has 8 heteroatoms. The summed E-state index contributed by atoms with van der Waals surface area (Å²) in [6.45, 7) is 0. The molecule has 0 aliphatic carbocycles. The molecule has 0 bridgehead atoms. The van der Waals surface area contributed by atoms with Gasteiger partial charge in [0.2, 0.25) is 5.88 Å². The van der Waals surface area contributed by atoms with E-state index in [0.29, 0.717) is 5.69 Å². The summed E-state index contributed by atoms with van der Waals surface area (Å²) in [5.74, 6) is -0.818. The summed E-state index contributed by atoms with van der Waals surface area (Å²) >= 11 is 5.76. The fourth-order valence-electron chi connectivity index (χ4n) is 2.93. The second-order valence-corrected chi connectivity index (χ2v) is 6.92. The molecule has 7 nitrogen and oxygen atoms in total. The zero-order valence-corrected chi connectivity index (χ0v) is 16.7. The Morgan fingerprint density at radius 1 is 0.839 bits per heavy atom. The second-order valence-electron chi connectivity index (χ2n) is 6.51. The highest BCUT2D eigenvalue weighted by molar-refractivity contribution is 6.32. The predicted octanol–water partition coefficient (Wildman–Crippen LogP) is 5.59. The van der Waals surface area contributed by atoms with E-state index >= 15 is 0 Å². The van der Waals surface area contributed by atoms with Crippen molar-refractivity contribution in [1.29, 1.82) is 0 Å². The van der Waals surface area contributed by atoms with Gasteiger partial charge in [-0.05, 0) is 29.3 Å². The van der Waals surface area contributed by atoms with E-state index < -0.39 is 10.9 Å². The van der Waals surface area contributed by atoms with Crippen molar-refractivity contribution in [2.45, 2.75) is 0 Å². The van der Waals surface area contributed by atoms with E-state index in [4.69, 9.17) is 16.3 Å². The van der Waals surface area contributed by atoms with E-state index in [1.807, 2.05) is 54.6 Å². The molecule has 4 rings (SSSR count). The number of carbonyl (C=O) groups is 1. The third-order valence-electron chi connectivity index (χ3n) is 4.50. The number of aromatic nitrogens is 2. The minimum absolute atomic E-state index is 0.0153. The van der Waals surface area contributed by atoms with Gasteiger partial charge in [-0.1, -0.05) is 66.2 Å². The number of hydrogen-bond acceptors (Lipinski definition) is 6. The van der Waals surface area contributed by atoms with Gasteiger partial charge in [0.1, 0.15) is 5.02 Å². The SMILES string of the molecule is O=C(Oc1ccc(-c2ccc(-c3ccccc3)cc2)nn1)c1ccc(Cl)c([N+](=O)[O-])c1. The summed E-state index contributed by atoms with van der Waals surface area (Å²) in [6, 6.07) is 24.7. The fraction of sp³-hybridized carbons (Fsp3) is 0. The van der Waals surface area contributed by atoms with E-state index in [2.05, 4.69) is 10.2 Å². The van der Waals surface area contributed by atoms with Crippen molar-refractivity contribution in [2.75, 3.05) is 0 Å². The number of ether oxygens (including phenoxy) is 1. The van der Waals surface area contributed by atoms with Crippen LogP contribution in [-0.2, 0) is 0 Å². The second kappa shape index (κ2) is 8.73. The summed E-state index contributed by atoms with van der Waals surface area (Å²) < 4.78 is 5.16. The summed E-state index contributed by atoms with van der Waals surface area (Å²) in [4.78, 5) is 22.6. The van der Waals surface area contributed by atoms with Crippen LogP contribution in [-0.4, -0.2) is 21.1 Å². The molecule has 0 unspecified atom stereocenters. The van der Waals surface area contributed by atoms with E-state index in [0.717, 1.165) is 22.8 Å². The van der Waals surface area contributed by atoms with Crippen LogP contribution < -0.4 is 4.74 Å². The lowest BCUT2D eigenvalue weighted by Gasteiger charge is -2.06. The first kappa shape index (κ1) is 20.2. The molecule has 0 amide bonds. The highest BCUT2D eigenvalue weighted by Crippen LogP contribution is 2.26. The van der Waals surface area contributed by atoms with Crippen molar-refractivity contribution < 1.29 is 14.5 Å². The first-order valence-electron chi connectivity index (χ1n) is 9.17. The number of hydrogen-bond donors (Lipinski definition) is 0. The fourth-order valence-corrected chi connectivity index (χ4v) is 3.11. The molecule has 1 heterocycles. The topological polar surface area (TPSA) is 95.2 Å². The van der Waals surface area contributed by atoms with Crippen LogP contribution in [0.4, 0.5) is 5.69 Å². The van der Waals surface area contributed by atoms with Crippen LogP contribution in [0.15, 0.2) is 84.9 Å². The molecule has 0 radical (unpaired) electrons. The molecule has 0 atom stereocenters. The number of esters is 1. The minimum atomic E-state index is -0.797. The lowest BCUT2D eigenvalue weighted by atomic mass is 10.0. The van der Waals surface area contributed by atoms with Gasteiger partial charge in [0.05, 0.1) is 16.2 Å². The van der Waals surface area contributed by atoms with Gasteiger partial charge < -0.3 is 4.74 Å². The van der Waals surface area contributed by atoms with Gasteiger partial charge in [-0.3, -0.25) is 10.1 Å². The van der Waals surface area contributed by atoms with Crippen LogP contribution >= 0.6 is 11.6 Å². The lowest BCUT2D eigenvalue weighted by Crippen LogP contribution is -2.10. The maximum atomic E-state index is 12.3. The zero-order valence-electron chi connectivity index (χ0n) is 15.9. The molecule has 31 heavy (non-hydrogen) atoms. The first-order chi connectivity index (χ1) is 15.0. The van der Waals surface area contributed by atoms with E-state index in [1.54, 1.807) is 6.07 Å². The standard InChI is InChI=1S/C23H14ClN3O4/c24-19-11-10-18(14-21(19)27(29)30)23(28)31-22-13-12-20(25-26-22)17-8-6-16(7-9-17)15-4-2-1-3-5-15/h1-14H. The zero-order chi connectivity index (χ0) is 21.8. The van der Waals surface area contributed by atoms with E-state index in [1.165, 1.54) is 18.2 Å². The van der Waals surface area contributed by atoms with Gasteiger partial charge in [-0.2, -0.15) is 0 Å². The quantitative estimate of drug-likeness (QED) is 0.232. The maximum Gasteiger partial charge on any atom is 0.345 e. The number of benzene rings is 3. The molecule has 152 valence electrons. The van der Waals surface area contributed by atoms with Gasteiger partial charge in [0.15, 0.2) is 0 Å². The third-order valence-corrected chi connectivity index (χ3v) is 4.82. The molecule has 0 aliphatic rings. The Kier molecular flexibility index (Phi) is 5.68. The van der Waals surface area contributed by atoms with E-state index in [-0.39, 0.29) is 22.2 Å². The molecule has 0 saturated carbocycles. The molecule has 0 N–H and O–H groups in total. The van der Waals surface area contributed by atoms with Crippen LogP contribution in [0, 0.1) is 10.1 Å². The van der Waals surface area contributed by atoms with Gasteiger partial charge in [-0.25, -0.2) is 4.79 Å². The number of rotatable bonds is 5. The highest BCUT2D eigenvalue weighted by Gasteiger charge is 2.18. The average molecular weight is 432 g/mol. The number of nitrogens with zero attached hydrogens (tertiary/aromatic N) is 3. The van der Waals surface area contributed by atoms with Crippen molar-refractivity contribution in [1.82, 2.24) is 10.2 Å². The van der Waals surface area contributed by atoms with E-state index in [9.17, 15) is 14.9 Å². The minimum Gasteiger partial charge on any atom is -0.402 e. The van der Waals surface area contributed by atoms with Crippen molar-refractivity contribution in [3.63, 3.8) is 0 Å². The third kappa shape index (κ3) is 4.57. The van der Waals surface area contributed by atoms with Crippen LogP contribution in [0.3, 0.4) is 0 Å². The molecule has 0 spiro atoms. The Morgan fingerprint density at radius 2 is 1.52 bits per heavy atom. The number of nitro benzene ring substituents is 1. The largest absolute Gasteiger partial charge is 0.402 e. The molecule has 0 fully saturated rings. The summed E-state index contributed by atoms with van der Waals surface area (Å²) in [7, 11) is 0. The van der Waals surface area contributed by atoms with Gasteiger partial charge in [-0.15, -0.1) is 10.2 Å². The van der Waals surface area contributed by atoms with Crippen LogP contribution in [0.25, 0.3) is 22.4 Å². The van der Waals surface area contributed by atoms with Crippen molar-refractivity contribution in [2.24, 2.45) is 0 Å². The van der Waals surface area contributed by atoms with Gasteiger partial charge in [0, 0.05) is 17.7 Å². The molecule has 0 saturated heterocycles. The number of halogens is 1. The van der Waals surface area contributed by atoms with Gasteiger partial charge in [0.25, 0.3) is 5.69 Å². The predicted molar refractivity (Wildman–Crippen MR) is 116 cm³/mol. The first-order valence-corrected chi connectivity index (χ1v) is 9.55. The molecular formula is C23H14ClN3O4. The molecular weight excluding hydrogens is 418 g/mol. The lowest BCUT2D eigenvalue weighted by molar-refractivity contribution is -0.384. The number of nitro groups is 1. The summed E-state index contributed by atoms with van der Waals surface area (Å²) in [5, 5.41) is 18.9. The molecule has 3 aromatic carbocycles. The summed E-state index contributed by atoms with van der Waals surface area (Å²) in [5.41, 5.74) is 3.28. The molecule has 4 aromatic rings. The normalized spacial score (nSPS) is 10.5. The van der Waals surface area contributed by atoms with Crippen molar-refractivity contribution in [3.8, 4) is 28.3 Å². The average Bonchev–Trinajstić information content (AvgIpc) is 2.80. The monoisotopic (exact) mass is 431 g/mol. The maximum absolute atomic E-state index is 12.3. The molecule has 1 aromatic heterocycles. The highest BCUT2D eigenvalue weighted by atomic mass is 35.5. The Balaban J connectivity index is 1.48. The van der Waals surface area contributed by atoms with Crippen LogP contribution in [0.5, 0.6) is 5.88 Å². The Labute approximate surface area is 182 Å². The van der Waals surface area contributed by atoms with Crippen molar-refractivity contribution >= 4 is 23.3 Å². The van der Waals surface area contributed by atoms with Crippen LogP contribution in [0.2, 0.25) is 5.02 Å². The van der Waals surface area contributed by atoms with Crippen molar-refractivity contribution in [3.05, 3.63) is 106 Å².